The highest BCUT2D eigenvalue weighted by Gasteiger charge is 2.21. The van der Waals surface area contributed by atoms with E-state index in [2.05, 4.69) is 0 Å². The summed E-state index contributed by atoms with van der Waals surface area (Å²) in [6.45, 7) is 3.99. The second-order valence-corrected chi connectivity index (χ2v) is 5.25. The molecule has 0 radical (unpaired) electrons. The van der Waals surface area contributed by atoms with Crippen molar-refractivity contribution in [2.45, 2.75) is 26.4 Å². The van der Waals surface area contributed by atoms with Gasteiger partial charge in [0.05, 0.1) is 7.11 Å². The molecule has 2 rings (SSSR count). The van der Waals surface area contributed by atoms with Gasteiger partial charge in [0, 0.05) is 6.42 Å². The molecule has 0 aliphatic rings. The van der Waals surface area contributed by atoms with Crippen molar-refractivity contribution >= 4 is 5.97 Å². The van der Waals surface area contributed by atoms with Gasteiger partial charge in [0.2, 0.25) is 0 Å². The third-order valence-electron chi connectivity index (χ3n) is 3.52. The van der Waals surface area contributed by atoms with Crippen LogP contribution >= 0.6 is 0 Å². The third kappa shape index (κ3) is 4.01. The Bertz CT molecular complexity index is 647. The number of carbonyl (C=O) groups is 1. The van der Waals surface area contributed by atoms with E-state index in [0.717, 1.165) is 16.7 Å². The Morgan fingerprint density at radius 3 is 2.27 bits per heavy atom. The lowest BCUT2D eigenvalue weighted by molar-refractivity contribution is -0.145. The van der Waals surface area contributed by atoms with Crippen molar-refractivity contribution < 1.29 is 19.4 Å². The summed E-state index contributed by atoms with van der Waals surface area (Å²) in [7, 11) is 1.58. The normalized spacial score (nSPS) is 11.8. The molecule has 0 unspecified atom stereocenters. The molecule has 2 aromatic carbocycles. The second kappa shape index (κ2) is 6.98. The molecule has 0 saturated carbocycles. The van der Waals surface area contributed by atoms with Gasteiger partial charge in [-0.25, -0.2) is 4.79 Å². The lowest BCUT2D eigenvalue weighted by atomic mass is 10.0. The minimum Gasteiger partial charge on any atom is -0.497 e. The number of aryl methyl sites for hydroxylation is 2. The summed E-state index contributed by atoms with van der Waals surface area (Å²) in [6.07, 6.45) is -0.595. The molecular weight excluding hydrogens is 280 g/mol. The average molecular weight is 300 g/mol. The van der Waals surface area contributed by atoms with E-state index in [1.54, 1.807) is 31.4 Å². The van der Waals surface area contributed by atoms with Gasteiger partial charge >= 0.3 is 5.97 Å². The van der Waals surface area contributed by atoms with Crippen molar-refractivity contribution in [3.05, 3.63) is 59.2 Å². The fourth-order valence-corrected chi connectivity index (χ4v) is 2.27. The summed E-state index contributed by atoms with van der Waals surface area (Å²) < 4.78 is 10.7. The van der Waals surface area contributed by atoms with Crippen LogP contribution in [0.15, 0.2) is 42.5 Å². The first-order valence-corrected chi connectivity index (χ1v) is 7.09. The van der Waals surface area contributed by atoms with Crippen molar-refractivity contribution in [1.29, 1.82) is 0 Å². The summed E-state index contributed by atoms with van der Waals surface area (Å²) in [5, 5.41) is 9.39. The van der Waals surface area contributed by atoms with Crippen LogP contribution in [0.3, 0.4) is 0 Å². The number of rotatable bonds is 6. The minimum atomic E-state index is -0.976. The lowest BCUT2D eigenvalue weighted by Crippen LogP contribution is -2.29. The summed E-state index contributed by atoms with van der Waals surface area (Å²) in [4.78, 5) is 11.5. The molecule has 22 heavy (non-hydrogen) atoms. The van der Waals surface area contributed by atoms with E-state index in [9.17, 15) is 9.90 Å². The number of benzene rings is 2. The van der Waals surface area contributed by atoms with Gasteiger partial charge in [-0.1, -0.05) is 23.8 Å². The Kier molecular flexibility index (Phi) is 5.04. The number of hydrogen-bond acceptors (Lipinski definition) is 3. The molecule has 0 heterocycles. The molecule has 1 atom stereocenters. The van der Waals surface area contributed by atoms with Gasteiger partial charge in [-0.15, -0.1) is 0 Å². The smallest absolute Gasteiger partial charge is 0.345 e. The summed E-state index contributed by atoms with van der Waals surface area (Å²) >= 11 is 0. The van der Waals surface area contributed by atoms with Gasteiger partial charge < -0.3 is 14.6 Å². The van der Waals surface area contributed by atoms with E-state index in [1.165, 1.54) is 0 Å². The van der Waals surface area contributed by atoms with Gasteiger partial charge in [-0.05, 0) is 49.2 Å². The minimum absolute atomic E-state index is 0.327. The molecule has 0 spiro atoms. The monoisotopic (exact) mass is 300 g/mol. The molecule has 0 fully saturated rings. The van der Waals surface area contributed by atoms with Gasteiger partial charge in [-0.3, -0.25) is 0 Å². The first-order valence-electron chi connectivity index (χ1n) is 7.09. The average Bonchev–Trinajstić information content (AvgIpc) is 2.49. The van der Waals surface area contributed by atoms with Crippen LogP contribution in [0.25, 0.3) is 0 Å². The van der Waals surface area contributed by atoms with E-state index in [0.29, 0.717) is 17.9 Å². The predicted octanol–water partition coefficient (Wildman–Crippen LogP) is 3.39. The molecule has 1 N–H and O–H groups in total. The van der Waals surface area contributed by atoms with Crippen LogP contribution in [0, 0.1) is 13.8 Å². The molecule has 116 valence electrons. The van der Waals surface area contributed by atoms with Crippen LogP contribution in [-0.4, -0.2) is 24.3 Å². The molecule has 2 aromatic rings. The molecule has 0 aromatic heterocycles. The topological polar surface area (TPSA) is 55.8 Å². The SMILES string of the molecule is COc1ccc(O[C@H](Cc2ccc(C)cc2C)C(=O)O)cc1. The zero-order valence-electron chi connectivity index (χ0n) is 13.0. The molecule has 0 aliphatic heterocycles. The Hall–Kier alpha value is -2.49. The summed E-state index contributed by atoms with van der Waals surface area (Å²) in [5.41, 5.74) is 3.21. The lowest BCUT2D eigenvalue weighted by Gasteiger charge is -2.17. The highest BCUT2D eigenvalue weighted by atomic mass is 16.5. The zero-order chi connectivity index (χ0) is 16.1. The third-order valence-corrected chi connectivity index (χ3v) is 3.52. The Labute approximate surface area is 130 Å². The first-order chi connectivity index (χ1) is 10.5. The summed E-state index contributed by atoms with van der Waals surface area (Å²) in [6, 6.07) is 12.9. The number of methoxy groups -OCH3 is 1. The van der Waals surface area contributed by atoms with E-state index in [4.69, 9.17) is 9.47 Å². The highest BCUT2D eigenvalue weighted by molar-refractivity contribution is 5.73. The quantitative estimate of drug-likeness (QED) is 0.888. The van der Waals surface area contributed by atoms with Crippen molar-refractivity contribution in [3.8, 4) is 11.5 Å². The number of aliphatic carboxylic acids is 1. The van der Waals surface area contributed by atoms with Gasteiger partial charge in [0.15, 0.2) is 6.10 Å². The van der Waals surface area contributed by atoms with Crippen LogP contribution in [-0.2, 0) is 11.2 Å². The van der Waals surface area contributed by atoms with Gasteiger partial charge in [-0.2, -0.15) is 0 Å². The largest absolute Gasteiger partial charge is 0.497 e. The zero-order valence-corrected chi connectivity index (χ0v) is 13.0. The predicted molar refractivity (Wildman–Crippen MR) is 84.7 cm³/mol. The molecule has 0 aliphatic carbocycles. The van der Waals surface area contributed by atoms with Crippen molar-refractivity contribution in [2.24, 2.45) is 0 Å². The van der Waals surface area contributed by atoms with Crippen molar-refractivity contribution in [2.75, 3.05) is 7.11 Å². The van der Waals surface area contributed by atoms with E-state index in [-0.39, 0.29) is 0 Å². The van der Waals surface area contributed by atoms with Crippen molar-refractivity contribution in [3.63, 3.8) is 0 Å². The van der Waals surface area contributed by atoms with Gasteiger partial charge in [0.25, 0.3) is 0 Å². The number of carboxylic acids is 1. The standard InChI is InChI=1S/C18H20O4/c1-12-4-5-14(13(2)10-12)11-17(18(19)20)22-16-8-6-15(21-3)7-9-16/h4-10,17H,11H2,1-3H3,(H,19,20)/t17-/m1/s1. The van der Waals surface area contributed by atoms with E-state index < -0.39 is 12.1 Å². The van der Waals surface area contributed by atoms with E-state index in [1.807, 2.05) is 32.0 Å². The second-order valence-electron chi connectivity index (χ2n) is 5.25. The molecule has 4 heteroatoms. The highest BCUT2D eigenvalue weighted by Crippen LogP contribution is 2.20. The Morgan fingerprint density at radius 2 is 1.73 bits per heavy atom. The van der Waals surface area contributed by atoms with Crippen molar-refractivity contribution in [1.82, 2.24) is 0 Å². The van der Waals surface area contributed by atoms with E-state index >= 15 is 0 Å². The molecular formula is C18H20O4. The van der Waals surface area contributed by atoms with Crippen LogP contribution in [0.5, 0.6) is 11.5 Å². The first kappa shape index (κ1) is 15.9. The van der Waals surface area contributed by atoms with Crippen LogP contribution in [0.2, 0.25) is 0 Å². The number of ether oxygens (including phenoxy) is 2. The van der Waals surface area contributed by atoms with Crippen LogP contribution < -0.4 is 9.47 Å². The maximum absolute atomic E-state index is 11.5. The van der Waals surface area contributed by atoms with Gasteiger partial charge in [0.1, 0.15) is 11.5 Å². The molecule has 0 amide bonds. The Balaban J connectivity index is 2.14. The van der Waals surface area contributed by atoms with Crippen LogP contribution in [0.4, 0.5) is 0 Å². The summed E-state index contributed by atoms with van der Waals surface area (Å²) in [5.74, 6) is 0.238. The van der Waals surface area contributed by atoms with Crippen LogP contribution in [0.1, 0.15) is 16.7 Å². The molecule has 0 bridgehead atoms. The fourth-order valence-electron chi connectivity index (χ4n) is 2.27. The Morgan fingerprint density at radius 1 is 1.09 bits per heavy atom. The molecule has 0 saturated heterocycles. The maximum atomic E-state index is 11.5. The number of hydrogen-bond donors (Lipinski definition) is 1. The maximum Gasteiger partial charge on any atom is 0.345 e. The number of carboxylic acid groups (broad SMARTS) is 1. The fraction of sp³-hybridized carbons (Fsp3) is 0.278. The molecule has 4 nitrogen and oxygen atoms in total.